The lowest BCUT2D eigenvalue weighted by Crippen LogP contribution is -2.61. The van der Waals surface area contributed by atoms with Gasteiger partial charge >= 0.3 is 11.9 Å². The second kappa shape index (κ2) is 39.2. The second-order valence-electron chi connectivity index (χ2n) is 19.1. The number of hydrogen-bond acceptors (Lipinski definition) is 15. The molecular formula is C51H96O15. The van der Waals surface area contributed by atoms with Crippen LogP contribution in [0.3, 0.4) is 0 Å². The number of ether oxygens (including phenoxy) is 6. The van der Waals surface area contributed by atoms with Crippen molar-refractivity contribution in [2.45, 2.75) is 287 Å². The number of aliphatic hydroxyl groups is 7. The Kier molecular flexibility index (Phi) is 36.0. The molecule has 0 amide bonds. The smallest absolute Gasteiger partial charge is 0.306 e. The van der Waals surface area contributed by atoms with Crippen molar-refractivity contribution in [1.29, 1.82) is 0 Å². The molecule has 0 aromatic heterocycles. The normalized spacial score (nSPS) is 26.1. The van der Waals surface area contributed by atoms with Crippen molar-refractivity contribution in [3.8, 4) is 0 Å². The largest absolute Gasteiger partial charge is 0.462 e. The predicted molar refractivity (Wildman–Crippen MR) is 252 cm³/mol. The molecular weight excluding hydrogens is 853 g/mol. The first-order valence-corrected chi connectivity index (χ1v) is 26.6. The highest BCUT2D eigenvalue weighted by Crippen LogP contribution is 2.27. The van der Waals surface area contributed by atoms with Gasteiger partial charge in [-0.2, -0.15) is 0 Å². The molecule has 0 saturated carbocycles. The summed E-state index contributed by atoms with van der Waals surface area (Å²) in [6, 6.07) is 0. The molecule has 15 heteroatoms. The van der Waals surface area contributed by atoms with E-state index in [0.717, 1.165) is 44.9 Å². The van der Waals surface area contributed by atoms with Gasteiger partial charge in [0.2, 0.25) is 0 Å². The topological polar surface area (TPSA) is 231 Å². The highest BCUT2D eigenvalue weighted by molar-refractivity contribution is 5.70. The Morgan fingerprint density at radius 1 is 0.424 bits per heavy atom. The van der Waals surface area contributed by atoms with Crippen LogP contribution in [0.1, 0.15) is 219 Å². The zero-order chi connectivity index (χ0) is 48.2. The standard InChI is InChI=1S/C51H96O15/c1-3-5-7-9-11-12-13-14-15-16-17-18-19-20-21-22-23-24-25-26-28-30-32-34-43(54)64-39(36-61-42(53)33-31-29-27-10-8-6-4-2)37-62-50-49(60)47(58)45(56)41(66-50)38-63-51-48(59)46(57)44(55)40(35-52)65-51/h39-41,44-52,55-60H,3-38H2,1-2H3. The third-order valence-corrected chi connectivity index (χ3v) is 13.1. The van der Waals surface area contributed by atoms with Gasteiger partial charge in [-0.15, -0.1) is 0 Å². The molecule has 0 spiro atoms. The van der Waals surface area contributed by atoms with Gasteiger partial charge in [0.05, 0.1) is 19.8 Å². The zero-order valence-electron chi connectivity index (χ0n) is 41.2. The number of rotatable bonds is 42. The van der Waals surface area contributed by atoms with Crippen molar-refractivity contribution in [2.75, 3.05) is 26.4 Å². The molecule has 66 heavy (non-hydrogen) atoms. The van der Waals surface area contributed by atoms with Crippen LogP contribution in [-0.2, 0) is 38.0 Å². The highest BCUT2D eigenvalue weighted by atomic mass is 16.7. The minimum Gasteiger partial charge on any atom is -0.462 e. The van der Waals surface area contributed by atoms with Crippen molar-refractivity contribution >= 4 is 11.9 Å². The number of carbonyl (C=O) groups is 2. The van der Waals surface area contributed by atoms with Gasteiger partial charge in [0, 0.05) is 12.8 Å². The van der Waals surface area contributed by atoms with Gasteiger partial charge in [-0.1, -0.05) is 194 Å². The number of hydrogen-bond donors (Lipinski definition) is 7. The molecule has 2 aliphatic rings. The van der Waals surface area contributed by atoms with Crippen molar-refractivity contribution < 1.29 is 73.8 Å². The van der Waals surface area contributed by atoms with E-state index in [2.05, 4.69) is 13.8 Å². The summed E-state index contributed by atoms with van der Waals surface area (Å²) in [6.07, 6.45) is 20.3. The van der Waals surface area contributed by atoms with Crippen LogP contribution in [0.2, 0.25) is 0 Å². The minimum absolute atomic E-state index is 0.173. The van der Waals surface area contributed by atoms with E-state index in [4.69, 9.17) is 28.4 Å². The van der Waals surface area contributed by atoms with Crippen molar-refractivity contribution in [3.05, 3.63) is 0 Å². The van der Waals surface area contributed by atoms with Crippen molar-refractivity contribution in [2.24, 2.45) is 0 Å². The first-order valence-electron chi connectivity index (χ1n) is 26.6. The van der Waals surface area contributed by atoms with Gasteiger partial charge in [0.25, 0.3) is 0 Å². The van der Waals surface area contributed by atoms with E-state index in [0.29, 0.717) is 12.8 Å². The zero-order valence-corrected chi connectivity index (χ0v) is 41.2. The average molecular weight is 949 g/mol. The Labute approximate surface area is 398 Å². The van der Waals surface area contributed by atoms with E-state index in [9.17, 15) is 45.3 Å². The minimum atomic E-state index is -1.76. The maximum atomic E-state index is 13.0. The van der Waals surface area contributed by atoms with E-state index in [1.165, 1.54) is 135 Å². The SMILES string of the molecule is CCCCCCCCCCCCCCCCCCCCCCCCCC(=O)OC(COC(=O)CCCCCCCCC)COC1OC(COC2OC(CO)C(O)C(O)C2O)C(O)C(O)C1O. The summed E-state index contributed by atoms with van der Waals surface area (Å²) in [5, 5.41) is 71.9. The fraction of sp³-hybridized carbons (Fsp3) is 0.961. The van der Waals surface area contributed by atoms with E-state index >= 15 is 0 Å². The monoisotopic (exact) mass is 949 g/mol. The summed E-state index contributed by atoms with van der Waals surface area (Å²) >= 11 is 0. The van der Waals surface area contributed by atoms with E-state index in [1.807, 2.05) is 0 Å². The molecule has 7 N–H and O–H groups in total. The number of esters is 2. The van der Waals surface area contributed by atoms with Crippen molar-refractivity contribution in [1.82, 2.24) is 0 Å². The molecule has 11 unspecified atom stereocenters. The highest BCUT2D eigenvalue weighted by Gasteiger charge is 2.47. The van der Waals surface area contributed by atoms with Crippen LogP contribution in [-0.4, -0.2) is 142 Å². The quantitative estimate of drug-likeness (QED) is 0.0231. The maximum absolute atomic E-state index is 13.0. The maximum Gasteiger partial charge on any atom is 0.306 e. The van der Waals surface area contributed by atoms with Crippen molar-refractivity contribution in [3.63, 3.8) is 0 Å². The molecule has 2 saturated heterocycles. The fourth-order valence-corrected chi connectivity index (χ4v) is 8.69. The van der Waals surface area contributed by atoms with Gasteiger partial charge in [0.15, 0.2) is 18.7 Å². The van der Waals surface area contributed by atoms with Gasteiger partial charge < -0.3 is 64.2 Å². The molecule has 0 bridgehead atoms. The number of carbonyl (C=O) groups excluding carboxylic acids is 2. The first-order chi connectivity index (χ1) is 32.0. The molecule has 11 atom stereocenters. The molecule has 2 rings (SSSR count). The summed E-state index contributed by atoms with van der Waals surface area (Å²) in [5.41, 5.74) is 0. The van der Waals surface area contributed by atoms with Crippen LogP contribution in [0, 0.1) is 0 Å². The summed E-state index contributed by atoms with van der Waals surface area (Å²) in [7, 11) is 0. The van der Waals surface area contributed by atoms with E-state index < -0.39 is 92.7 Å². The Morgan fingerprint density at radius 3 is 1.18 bits per heavy atom. The average Bonchev–Trinajstić information content (AvgIpc) is 3.31. The first kappa shape index (κ1) is 60.6. The molecule has 0 aromatic carbocycles. The van der Waals surface area contributed by atoms with Crippen LogP contribution in [0.5, 0.6) is 0 Å². The third-order valence-electron chi connectivity index (χ3n) is 13.1. The van der Waals surface area contributed by atoms with Gasteiger partial charge in [-0.05, 0) is 12.8 Å². The lowest BCUT2D eigenvalue weighted by atomic mass is 9.98. The molecule has 2 aliphatic heterocycles. The lowest BCUT2D eigenvalue weighted by Gasteiger charge is -2.42. The number of unbranched alkanes of at least 4 members (excludes halogenated alkanes) is 28. The van der Waals surface area contributed by atoms with Crippen LogP contribution in [0.15, 0.2) is 0 Å². The molecule has 0 aromatic rings. The molecule has 2 fully saturated rings. The molecule has 15 nitrogen and oxygen atoms in total. The van der Waals surface area contributed by atoms with E-state index in [-0.39, 0.29) is 26.1 Å². The summed E-state index contributed by atoms with van der Waals surface area (Å²) in [6.45, 7) is 2.57. The Morgan fingerprint density at radius 2 is 0.773 bits per heavy atom. The van der Waals surface area contributed by atoms with Crippen LogP contribution >= 0.6 is 0 Å². The van der Waals surface area contributed by atoms with Gasteiger partial charge in [-0.25, -0.2) is 0 Å². The van der Waals surface area contributed by atoms with E-state index in [1.54, 1.807) is 0 Å². The lowest BCUT2D eigenvalue weighted by molar-refractivity contribution is -0.332. The summed E-state index contributed by atoms with van der Waals surface area (Å²) in [5.74, 6) is -0.918. The predicted octanol–water partition coefficient (Wildman–Crippen LogP) is 7.61. The third kappa shape index (κ3) is 27.0. The second-order valence-corrected chi connectivity index (χ2v) is 19.1. The van der Waals surface area contributed by atoms with Gasteiger partial charge in [-0.3, -0.25) is 9.59 Å². The fourth-order valence-electron chi connectivity index (χ4n) is 8.69. The summed E-state index contributed by atoms with van der Waals surface area (Å²) in [4.78, 5) is 25.6. The molecule has 0 aliphatic carbocycles. The van der Waals surface area contributed by atoms with Crippen LogP contribution in [0.4, 0.5) is 0 Å². The Balaban J connectivity index is 1.69. The Bertz CT molecular complexity index is 1160. The van der Waals surface area contributed by atoms with Crippen LogP contribution < -0.4 is 0 Å². The molecule has 2 heterocycles. The molecule has 390 valence electrons. The van der Waals surface area contributed by atoms with Gasteiger partial charge in [0.1, 0.15) is 55.4 Å². The molecule has 0 radical (unpaired) electrons. The van der Waals surface area contributed by atoms with Crippen LogP contribution in [0.25, 0.3) is 0 Å². The Hall–Kier alpha value is -1.50. The number of aliphatic hydroxyl groups excluding tert-OH is 7. The summed E-state index contributed by atoms with van der Waals surface area (Å²) < 4.78 is 33.5.